The summed E-state index contributed by atoms with van der Waals surface area (Å²) in [5, 5.41) is 12.8. The Balaban J connectivity index is 0.000000961. The molecule has 0 aromatic heterocycles. The van der Waals surface area contributed by atoms with Crippen molar-refractivity contribution in [2.24, 2.45) is 23.2 Å². The fourth-order valence-corrected chi connectivity index (χ4v) is 2.94. The van der Waals surface area contributed by atoms with Gasteiger partial charge in [-0.05, 0) is 43.2 Å². The number of nitrogens with two attached hydrogens (primary N) is 3. The van der Waals surface area contributed by atoms with Crippen LogP contribution < -0.4 is 28.1 Å². The molecule has 9 N–H and O–H groups in total. The Kier molecular flexibility index (Phi) is 16.7. The molecule has 0 aliphatic rings. The monoisotopic (exact) mass is 504 g/mol. The molecule has 194 valence electrons. The average Bonchev–Trinajstić information content (AvgIpc) is 2.85. The van der Waals surface area contributed by atoms with Crippen LogP contribution in [0.3, 0.4) is 0 Å². The van der Waals surface area contributed by atoms with Crippen LogP contribution in [0.4, 0.5) is 5.69 Å². The molecular formula is C25H40N6O3S. The van der Waals surface area contributed by atoms with Gasteiger partial charge in [0.15, 0.2) is 0 Å². The van der Waals surface area contributed by atoms with E-state index in [0.29, 0.717) is 30.8 Å². The number of hydrogen-bond donors (Lipinski definition) is 7. The smallest absolute Gasteiger partial charge is 0.255 e. The number of amides is 2. The van der Waals surface area contributed by atoms with E-state index >= 15 is 0 Å². The van der Waals surface area contributed by atoms with Gasteiger partial charge in [0, 0.05) is 29.0 Å². The highest BCUT2D eigenvalue weighted by atomic mass is 32.1. The molecule has 0 saturated heterocycles. The normalized spacial score (nSPS) is 11.1. The van der Waals surface area contributed by atoms with E-state index in [9.17, 15) is 9.59 Å². The van der Waals surface area contributed by atoms with Crippen LogP contribution in [0.15, 0.2) is 65.3 Å². The third-order valence-electron chi connectivity index (χ3n) is 4.48. The molecule has 0 aliphatic heterocycles. The second-order valence-electron chi connectivity index (χ2n) is 7.42. The van der Waals surface area contributed by atoms with Gasteiger partial charge in [-0.25, -0.2) is 11.3 Å². The quantitative estimate of drug-likeness (QED) is 0.0907. The number of anilines is 1. The number of aryl methyl sites for hydroxylation is 1. The van der Waals surface area contributed by atoms with Gasteiger partial charge in [0.2, 0.25) is 5.91 Å². The van der Waals surface area contributed by atoms with E-state index in [2.05, 4.69) is 24.9 Å². The molecule has 0 bridgehead atoms. The second-order valence-corrected chi connectivity index (χ2v) is 7.94. The zero-order valence-corrected chi connectivity index (χ0v) is 21.9. The lowest BCUT2D eigenvalue weighted by molar-refractivity contribution is -0.139. The predicted octanol–water partition coefficient (Wildman–Crippen LogP) is 3.29. The van der Waals surface area contributed by atoms with Gasteiger partial charge in [-0.2, -0.15) is 0 Å². The molecule has 0 spiro atoms. The second kappa shape index (κ2) is 18.3. The number of carbonyl (C=O) groups is 2. The SMILES string of the molecule is CC.CCCC(C(=O)NO)C(=O)Nc1cccc(CN(N)/C=C(\N)CN)c1.Cc1ccc(S)cc1. The van der Waals surface area contributed by atoms with Crippen LogP contribution in [-0.2, 0) is 16.1 Å². The molecule has 0 saturated carbocycles. The summed E-state index contributed by atoms with van der Waals surface area (Å²) in [6, 6.07) is 15.1. The van der Waals surface area contributed by atoms with E-state index < -0.39 is 17.7 Å². The molecule has 1 atom stereocenters. The van der Waals surface area contributed by atoms with E-state index in [1.807, 2.05) is 51.1 Å². The van der Waals surface area contributed by atoms with Gasteiger partial charge in [0.25, 0.3) is 5.91 Å². The number of hydrogen-bond acceptors (Lipinski definition) is 8. The fraction of sp³-hybridized carbons (Fsp3) is 0.360. The molecule has 2 rings (SSSR count). The molecule has 10 heteroatoms. The molecule has 1 unspecified atom stereocenters. The summed E-state index contributed by atoms with van der Waals surface area (Å²) in [6.07, 6.45) is 2.49. The molecule has 0 aliphatic carbocycles. The fourth-order valence-electron chi connectivity index (χ4n) is 2.79. The highest BCUT2D eigenvalue weighted by molar-refractivity contribution is 7.80. The number of benzene rings is 2. The van der Waals surface area contributed by atoms with Crippen LogP contribution in [0.25, 0.3) is 0 Å². The lowest BCUT2D eigenvalue weighted by Crippen LogP contribution is -2.36. The molecule has 9 nitrogen and oxygen atoms in total. The average molecular weight is 505 g/mol. The van der Waals surface area contributed by atoms with Crippen molar-refractivity contribution in [1.29, 1.82) is 0 Å². The number of thiol groups is 1. The maximum atomic E-state index is 12.3. The van der Waals surface area contributed by atoms with Gasteiger partial charge >= 0.3 is 0 Å². The first-order valence-corrected chi connectivity index (χ1v) is 11.9. The van der Waals surface area contributed by atoms with Gasteiger partial charge in [0.05, 0.1) is 6.54 Å². The third kappa shape index (κ3) is 13.4. The number of nitrogens with one attached hydrogen (secondary N) is 2. The maximum absolute atomic E-state index is 12.3. The zero-order valence-electron chi connectivity index (χ0n) is 21.0. The summed E-state index contributed by atoms with van der Waals surface area (Å²) < 4.78 is 0. The van der Waals surface area contributed by atoms with Crippen LogP contribution in [0.1, 0.15) is 44.7 Å². The summed E-state index contributed by atoms with van der Waals surface area (Å²) in [5.41, 5.74) is 15.6. The molecule has 0 radical (unpaired) electrons. The number of hydrazine groups is 1. The van der Waals surface area contributed by atoms with E-state index in [1.165, 1.54) is 22.3 Å². The molecule has 35 heavy (non-hydrogen) atoms. The minimum absolute atomic E-state index is 0.204. The van der Waals surface area contributed by atoms with E-state index in [1.54, 1.807) is 18.2 Å². The Labute approximate surface area is 214 Å². The molecular weight excluding hydrogens is 464 g/mol. The predicted molar refractivity (Wildman–Crippen MR) is 144 cm³/mol. The number of hydroxylamine groups is 1. The molecule has 0 heterocycles. The summed E-state index contributed by atoms with van der Waals surface area (Å²) in [6.45, 7) is 8.48. The topological polar surface area (TPSA) is 160 Å². The molecule has 0 fully saturated rings. The lowest BCUT2D eigenvalue weighted by atomic mass is 10.0. The van der Waals surface area contributed by atoms with Crippen molar-refractivity contribution in [3.8, 4) is 0 Å². The van der Waals surface area contributed by atoms with Gasteiger partial charge < -0.3 is 21.8 Å². The number of carbonyl (C=O) groups excluding carboxylic acids is 2. The molecule has 2 aromatic rings. The maximum Gasteiger partial charge on any atom is 0.255 e. The van der Waals surface area contributed by atoms with Crippen molar-refractivity contribution in [2.45, 2.75) is 52.0 Å². The largest absolute Gasteiger partial charge is 0.400 e. The van der Waals surface area contributed by atoms with Crippen LogP contribution in [0, 0.1) is 12.8 Å². The van der Waals surface area contributed by atoms with Crippen LogP contribution in [0.5, 0.6) is 0 Å². The Bertz CT molecular complexity index is 901. The summed E-state index contributed by atoms with van der Waals surface area (Å²) in [7, 11) is 0. The minimum atomic E-state index is -0.961. The highest BCUT2D eigenvalue weighted by Crippen LogP contribution is 2.15. The number of rotatable bonds is 9. The van der Waals surface area contributed by atoms with Gasteiger partial charge in [0.1, 0.15) is 5.92 Å². The summed E-state index contributed by atoms with van der Waals surface area (Å²) in [4.78, 5) is 24.9. The van der Waals surface area contributed by atoms with Gasteiger partial charge in [-0.3, -0.25) is 14.8 Å². The Hall–Kier alpha value is -3.05. The van der Waals surface area contributed by atoms with Gasteiger partial charge in [-0.15, -0.1) is 12.6 Å². The first-order valence-electron chi connectivity index (χ1n) is 11.5. The summed E-state index contributed by atoms with van der Waals surface area (Å²) in [5.74, 6) is 3.66. The Morgan fingerprint density at radius 2 is 1.77 bits per heavy atom. The van der Waals surface area contributed by atoms with Crippen molar-refractivity contribution in [3.63, 3.8) is 0 Å². The van der Waals surface area contributed by atoms with Crippen LogP contribution in [0.2, 0.25) is 0 Å². The van der Waals surface area contributed by atoms with Crippen LogP contribution >= 0.6 is 12.6 Å². The van der Waals surface area contributed by atoms with Crippen molar-refractivity contribution >= 4 is 30.1 Å². The van der Waals surface area contributed by atoms with Gasteiger partial charge in [-0.1, -0.05) is 57.0 Å². The number of nitrogens with zero attached hydrogens (tertiary/aromatic N) is 1. The standard InChI is InChI=1S/C16H26N6O3.C7H8S.C2H6/c1-2-4-14(16(24)21-25)15(23)20-13-6-3-5-11(7-13)9-22(19)10-12(18)8-17;1-6-2-4-7(8)5-3-6;1-2/h3,5-7,10,14,25H,2,4,8-9,17-19H2,1H3,(H,20,23)(H,21,24);2-5,8H,1H3;1-2H3/b12-10-;;. The minimum Gasteiger partial charge on any atom is -0.400 e. The lowest BCUT2D eigenvalue weighted by Gasteiger charge is -2.17. The van der Waals surface area contributed by atoms with Crippen molar-refractivity contribution in [2.75, 3.05) is 11.9 Å². The molecule has 2 amide bonds. The Morgan fingerprint density at radius 3 is 2.29 bits per heavy atom. The Morgan fingerprint density at radius 1 is 1.14 bits per heavy atom. The first kappa shape index (κ1) is 32.0. The van der Waals surface area contributed by atoms with Crippen molar-refractivity contribution < 1.29 is 14.8 Å². The third-order valence-corrected chi connectivity index (χ3v) is 4.78. The summed E-state index contributed by atoms with van der Waals surface area (Å²) >= 11 is 4.13. The van der Waals surface area contributed by atoms with Crippen molar-refractivity contribution in [1.82, 2.24) is 10.5 Å². The first-order chi connectivity index (χ1) is 16.7. The molecule has 2 aromatic carbocycles. The van der Waals surface area contributed by atoms with Crippen molar-refractivity contribution in [3.05, 3.63) is 71.6 Å². The van der Waals surface area contributed by atoms with E-state index in [0.717, 1.165) is 10.5 Å². The van der Waals surface area contributed by atoms with Crippen LogP contribution in [-0.4, -0.2) is 28.6 Å². The highest BCUT2D eigenvalue weighted by Gasteiger charge is 2.25. The van der Waals surface area contributed by atoms with E-state index in [4.69, 9.17) is 22.5 Å². The zero-order chi connectivity index (χ0) is 26.8. The van der Waals surface area contributed by atoms with E-state index in [-0.39, 0.29) is 6.54 Å².